The molecule has 0 aliphatic carbocycles. The molecule has 3 aromatic rings. The van der Waals surface area contributed by atoms with E-state index in [2.05, 4.69) is 23.6 Å². The van der Waals surface area contributed by atoms with E-state index in [-0.39, 0.29) is 6.04 Å². The highest BCUT2D eigenvalue weighted by atomic mass is 35.5. The van der Waals surface area contributed by atoms with Crippen molar-refractivity contribution in [3.05, 3.63) is 64.0 Å². The summed E-state index contributed by atoms with van der Waals surface area (Å²) in [4.78, 5) is 1.16. The summed E-state index contributed by atoms with van der Waals surface area (Å²) in [5.74, 6) is 6.42. The average molecular weight is 319 g/mol. The minimum Gasteiger partial charge on any atom is -0.495 e. The normalized spacial score (nSPS) is 12.5. The summed E-state index contributed by atoms with van der Waals surface area (Å²) in [7, 11) is 1.61. The summed E-state index contributed by atoms with van der Waals surface area (Å²) >= 11 is 7.81. The van der Waals surface area contributed by atoms with E-state index in [0.717, 1.165) is 10.4 Å². The van der Waals surface area contributed by atoms with Gasteiger partial charge in [-0.3, -0.25) is 5.84 Å². The monoisotopic (exact) mass is 318 g/mol. The minimum absolute atomic E-state index is 0.0893. The third-order valence-electron chi connectivity index (χ3n) is 3.40. The number of benzene rings is 2. The van der Waals surface area contributed by atoms with Crippen LogP contribution in [0.2, 0.25) is 5.02 Å². The van der Waals surface area contributed by atoms with Gasteiger partial charge in [-0.1, -0.05) is 35.9 Å². The van der Waals surface area contributed by atoms with Crippen molar-refractivity contribution >= 4 is 33.0 Å². The molecule has 5 heteroatoms. The van der Waals surface area contributed by atoms with Crippen LogP contribution in [0, 0.1) is 0 Å². The Morgan fingerprint density at radius 1 is 1.19 bits per heavy atom. The van der Waals surface area contributed by atoms with Gasteiger partial charge < -0.3 is 4.74 Å². The smallest absolute Gasteiger partial charge is 0.137 e. The van der Waals surface area contributed by atoms with Gasteiger partial charge in [-0.2, -0.15) is 0 Å². The number of thiophene rings is 1. The molecule has 1 aromatic heterocycles. The average Bonchev–Trinajstić information content (AvgIpc) is 2.93. The molecule has 108 valence electrons. The number of rotatable bonds is 4. The Balaban J connectivity index is 2.05. The van der Waals surface area contributed by atoms with E-state index in [1.807, 2.05) is 30.3 Å². The van der Waals surface area contributed by atoms with Crippen LogP contribution < -0.4 is 16.0 Å². The second-order valence-electron chi connectivity index (χ2n) is 4.68. The van der Waals surface area contributed by atoms with Crippen molar-refractivity contribution in [1.82, 2.24) is 5.43 Å². The molecule has 0 aliphatic heterocycles. The summed E-state index contributed by atoms with van der Waals surface area (Å²) in [6, 6.07) is 16.1. The molecule has 1 unspecified atom stereocenters. The number of methoxy groups -OCH3 is 1. The van der Waals surface area contributed by atoms with E-state index in [4.69, 9.17) is 22.2 Å². The lowest BCUT2D eigenvalue weighted by Crippen LogP contribution is -2.28. The fourth-order valence-corrected chi connectivity index (χ4v) is 3.69. The van der Waals surface area contributed by atoms with E-state index in [1.54, 1.807) is 18.4 Å². The van der Waals surface area contributed by atoms with Gasteiger partial charge in [-0.25, -0.2) is 5.43 Å². The predicted octanol–water partition coefficient (Wildman–Crippen LogP) is 4.12. The van der Waals surface area contributed by atoms with Gasteiger partial charge in [0.1, 0.15) is 5.75 Å². The molecule has 0 amide bonds. The number of halogens is 1. The van der Waals surface area contributed by atoms with Crippen LogP contribution in [-0.2, 0) is 0 Å². The largest absolute Gasteiger partial charge is 0.495 e. The molecule has 0 aliphatic rings. The Hall–Kier alpha value is -1.59. The molecule has 0 saturated carbocycles. The number of hydrogen-bond donors (Lipinski definition) is 2. The van der Waals surface area contributed by atoms with E-state index in [0.29, 0.717) is 10.8 Å². The summed E-state index contributed by atoms with van der Waals surface area (Å²) in [6.07, 6.45) is 0. The molecule has 0 fully saturated rings. The van der Waals surface area contributed by atoms with Crippen LogP contribution in [0.1, 0.15) is 16.5 Å². The first-order chi connectivity index (χ1) is 10.2. The summed E-state index contributed by atoms with van der Waals surface area (Å²) in [5.41, 5.74) is 3.90. The van der Waals surface area contributed by atoms with Gasteiger partial charge in [0.25, 0.3) is 0 Å². The number of ether oxygens (including phenoxy) is 1. The van der Waals surface area contributed by atoms with E-state index < -0.39 is 0 Å². The predicted molar refractivity (Wildman–Crippen MR) is 89.0 cm³/mol. The summed E-state index contributed by atoms with van der Waals surface area (Å²) < 4.78 is 6.52. The number of nitrogens with one attached hydrogen (secondary N) is 1. The van der Waals surface area contributed by atoms with Crippen molar-refractivity contribution in [3.8, 4) is 5.75 Å². The molecule has 3 N–H and O–H groups in total. The maximum absolute atomic E-state index is 6.08. The summed E-state index contributed by atoms with van der Waals surface area (Å²) in [6.45, 7) is 0. The van der Waals surface area contributed by atoms with Crippen LogP contribution in [0.25, 0.3) is 10.1 Å². The standard InChI is InChI=1S/C16H15ClN2OS/c1-20-13-8-11(6-7-12(13)17)16(19-18)15-9-10-4-2-3-5-14(10)21-15/h2-9,16,19H,18H2,1H3. The second-order valence-corrected chi connectivity index (χ2v) is 6.20. The molecule has 1 heterocycles. The first-order valence-electron chi connectivity index (χ1n) is 6.51. The Bertz CT molecular complexity index is 739. The Kier molecular flexibility index (Phi) is 4.12. The molecule has 0 bridgehead atoms. The van der Waals surface area contributed by atoms with Crippen LogP contribution >= 0.6 is 22.9 Å². The van der Waals surface area contributed by atoms with Crippen LogP contribution in [0.15, 0.2) is 48.5 Å². The second kappa shape index (κ2) is 6.03. The number of fused-ring (bicyclic) bond motifs is 1. The van der Waals surface area contributed by atoms with Crippen LogP contribution in [0.4, 0.5) is 0 Å². The van der Waals surface area contributed by atoms with Crippen molar-refractivity contribution < 1.29 is 4.74 Å². The Morgan fingerprint density at radius 2 is 2.00 bits per heavy atom. The van der Waals surface area contributed by atoms with Gasteiger partial charge >= 0.3 is 0 Å². The zero-order valence-corrected chi connectivity index (χ0v) is 13.0. The first-order valence-corrected chi connectivity index (χ1v) is 7.70. The molecule has 0 radical (unpaired) electrons. The SMILES string of the molecule is COc1cc(C(NN)c2cc3ccccc3s2)ccc1Cl. The Labute approximate surface area is 132 Å². The molecule has 1 atom stereocenters. The van der Waals surface area contributed by atoms with Crippen LogP contribution in [0.3, 0.4) is 0 Å². The number of nitrogens with two attached hydrogens (primary N) is 1. The zero-order valence-electron chi connectivity index (χ0n) is 11.5. The van der Waals surface area contributed by atoms with Crippen LogP contribution in [0.5, 0.6) is 5.75 Å². The minimum atomic E-state index is -0.0893. The maximum Gasteiger partial charge on any atom is 0.137 e. The Morgan fingerprint density at radius 3 is 2.71 bits per heavy atom. The fourth-order valence-electron chi connectivity index (χ4n) is 2.34. The van der Waals surface area contributed by atoms with Crippen molar-refractivity contribution in [2.45, 2.75) is 6.04 Å². The molecule has 21 heavy (non-hydrogen) atoms. The van der Waals surface area contributed by atoms with Gasteiger partial charge in [0, 0.05) is 9.58 Å². The topological polar surface area (TPSA) is 47.3 Å². The van der Waals surface area contributed by atoms with Gasteiger partial charge in [0.2, 0.25) is 0 Å². The third kappa shape index (κ3) is 2.76. The molecular weight excluding hydrogens is 304 g/mol. The quantitative estimate of drug-likeness (QED) is 0.562. The maximum atomic E-state index is 6.08. The highest BCUT2D eigenvalue weighted by molar-refractivity contribution is 7.19. The molecule has 0 saturated heterocycles. The highest BCUT2D eigenvalue weighted by Gasteiger charge is 2.17. The summed E-state index contributed by atoms with van der Waals surface area (Å²) in [5, 5.41) is 1.81. The zero-order chi connectivity index (χ0) is 14.8. The first kappa shape index (κ1) is 14.4. The number of hydrazine groups is 1. The lowest BCUT2D eigenvalue weighted by Gasteiger charge is -2.16. The van der Waals surface area contributed by atoms with Gasteiger partial charge in [0.15, 0.2) is 0 Å². The van der Waals surface area contributed by atoms with Gasteiger partial charge in [-0.15, -0.1) is 11.3 Å². The van der Waals surface area contributed by atoms with E-state index in [9.17, 15) is 0 Å². The van der Waals surface area contributed by atoms with Crippen molar-refractivity contribution in [3.63, 3.8) is 0 Å². The number of hydrogen-bond acceptors (Lipinski definition) is 4. The lowest BCUT2D eigenvalue weighted by molar-refractivity contribution is 0.414. The fraction of sp³-hybridized carbons (Fsp3) is 0.125. The molecule has 0 spiro atoms. The molecule has 3 nitrogen and oxygen atoms in total. The van der Waals surface area contributed by atoms with Crippen LogP contribution in [-0.4, -0.2) is 7.11 Å². The van der Waals surface area contributed by atoms with Gasteiger partial charge in [-0.05, 0) is 35.2 Å². The van der Waals surface area contributed by atoms with Gasteiger partial charge in [0.05, 0.1) is 18.2 Å². The van der Waals surface area contributed by atoms with Crippen molar-refractivity contribution in [2.24, 2.45) is 5.84 Å². The van der Waals surface area contributed by atoms with Crippen molar-refractivity contribution in [2.75, 3.05) is 7.11 Å². The molecular formula is C16H15ClN2OS. The highest BCUT2D eigenvalue weighted by Crippen LogP contribution is 2.35. The third-order valence-corrected chi connectivity index (χ3v) is 4.90. The molecule has 3 rings (SSSR count). The van der Waals surface area contributed by atoms with Crippen molar-refractivity contribution in [1.29, 1.82) is 0 Å². The van der Waals surface area contributed by atoms with E-state index >= 15 is 0 Å². The lowest BCUT2D eigenvalue weighted by atomic mass is 10.1. The van der Waals surface area contributed by atoms with E-state index in [1.165, 1.54) is 10.1 Å². The molecule has 2 aromatic carbocycles.